The minimum atomic E-state index is -0.261. The molecular formula is C19H23N3O3. The normalized spacial score (nSPS) is 14.0. The number of anilines is 1. The van der Waals surface area contributed by atoms with Crippen molar-refractivity contribution >= 4 is 17.6 Å². The molecule has 132 valence electrons. The zero-order valence-corrected chi connectivity index (χ0v) is 14.3. The number of para-hydroxylation sites is 1. The van der Waals surface area contributed by atoms with E-state index in [1.165, 1.54) is 5.56 Å². The lowest BCUT2D eigenvalue weighted by molar-refractivity contribution is -0.118. The molecule has 2 aromatic rings. The second-order valence-corrected chi connectivity index (χ2v) is 6.16. The van der Waals surface area contributed by atoms with Crippen LogP contribution in [0.2, 0.25) is 0 Å². The van der Waals surface area contributed by atoms with Gasteiger partial charge in [0.2, 0.25) is 5.91 Å². The van der Waals surface area contributed by atoms with Crippen molar-refractivity contribution in [3.05, 3.63) is 54.0 Å². The summed E-state index contributed by atoms with van der Waals surface area (Å²) in [5, 5.41) is 5.58. The number of hydrogen-bond donors (Lipinski definition) is 2. The fourth-order valence-corrected chi connectivity index (χ4v) is 3.03. The fourth-order valence-electron chi connectivity index (χ4n) is 3.03. The van der Waals surface area contributed by atoms with Gasteiger partial charge in [-0.2, -0.15) is 0 Å². The van der Waals surface area contributed by atoms with Gasteiger partial charge in [0.25, 0.3) is 0 Å². The van der Waals surface area contributed by atoms with E-state index in [-0.39, 0.29) is 18.0 Å². The average molecular weight is 341 g/mol. The van der Waals surface area contributed by atoms with Crippen LogP contribution in [-0.2, 0) is 11.2 Å². The Hall–Kier alpha value is -2.76. The van der Waals surface area contributed by atoms with E-state index < -0.39 is 0 Å². The van der Waals surface area contributed by atoms with Crippen LogP contribution in [0.5, 0.6) is 0 Å². The van der Waals surface area contributed by atoms with Gasteiger partial charge in [0, 0.05) is 25.2 Å². The van der Waals surface area contributed by atoms with Gasteiger partial charge in [-0.15, -0.1) is 0 Å². The summed E-state index contributed by atoms with van der Waals surface area (Å²) >= 11 is 0. The molecule has 3 amide bonds. The Balaban J connectivity index is 1.37. The van der Waals surface area contributed by atoms with E-state index in [9.17, 15) is 9.59 Å². The minimum absolute atomic E-state index is 0.108. The third kappa shape index (κ3) is 4.21. The quantitative estimate of drug-likeness (QED) is 0.793. The molecule has 0 saturated heterocycles. The van der Waals surface area contributed by atoms with E-state index in [1.807, 2.05) is 36.1 Å². The number of benzene rings is 1. The number of fused-ring (bicyclic) bond motifs is 1. The van der Waals surface area contributed by atoms with Crippen LogP contribution < -0.4 is 15.5 Å². The zero-order valence-electron chi connectivity index (χ0n) is 14.3. The Kier molecular flexibility index (Phi) is 5.38. The highest BCUT2D eigenvalue weighted by molar-refractivity contribution is 5.95. The number of furan rings is 1. The van der Waals surface area contributed by atoms with Crippen molar-refractivity contribution in [1.29, 1.82) is 0 Å². The third-order valence-corrected chi connectivity index (χ3v) is 4.36. The van der Waals surface area contributed by atoms with E-state index in [0.717, 1.165) is 18.7 Å². The van der Waals surface area contributed by atoms with Gasteiger partial charge in [-0.25, -0.2) is 4.79 Å². The first kappa shape index (κ1) is 17.1. The van der Waals surface area contributed by atoms with Crippen molar-refractivity contribution in [2.75, 3.05) is 18.0 Å². The number of rotatable bonds is 6. The van der Waals surface area contributed by atoms with Gasteiger partial charge < -0.3 is 20.0 Å². The fraction of sp³-hybridized carbons (Fsp3) is 0.368. The second-order valence-electron chi connectivity index (χ2n) is 6.16. The molecule has 3 rings (SSSR count). The highest BCUT2D eigenvalue weighted by Gasteiger charge is 2.23. The van der Waals surface area contributed by atoms with Crippen molar-refractivity contribution in [2.45, 2.75) is 32.2 Å². The predicted molar refractivity (Wildman–Crippen MR) is 95.4 cm³/mol. The van der Waals surface area contributed by atoms with Crippen molar-refractivity contribution in [2.24, 2.45) is 0 Å². The Bertz CT molecular complexity index is 727. The molecule has 0 bridgehead atoms. The van der Waals surface area contributed by atoms with Crippen molar-refractivity contribution < 1.29 is 14.0 Å². The van der Waals surface area contributed by atoms with Gasteiger partial charge in [0.05, 0.1) is 12.3 Å². The van der Waals surface area contributed by atoms with Crippen LogP contribution in [0.1, 0.15) is 37.1 Å². The standard InChI is InChI=1S/C19H23N3O3/c1-14(17-8-5-13-25-17)21-19(24)20-11-4-9-18(23)22-12-10-15-6-2-3-7-16(15)22/h2-3,5-8,13-14H,4,9-12H2,1H3,(H2,20,21,24). The summed E-state index contributed by atoms with van der Waals surface area (Å²) in [6.07, 6.45) is 3.52. The lowest BCUT2D eigenvalue weighted by Crippen LogP contribution is -2.38. The average Bonchev–Trinajstić information content (AvgIpc) is 3.28. The molecule has 1 aliphatic heterocycles. The molecule has 1 aliphatic rings. The van der Waals surface area contributed by atoms with Crippen LogP contribution in [0.25, 0.3) is 0 Å². The molecule has 0 spiro atoms. The van der Waals surface area contributed by atoms with Gasteiger partial charge in [-0.05, 0) is 43.5 Å². The smallest absolute Gasteiger partial charge is 0.315 e. The molecule has 25 heavy (non-hydrogen) atoms. The van der Waals surface area contributed by atoms with Gasteiger partial charge >= 0.3 is 6.03 Å². The van der Waals surface area contributed by atoms with Crippen LogP contribution >= 0.6 is 0 Å². The summed E-state index contributed by atoms with van der Waals surface area (Å²) in [5.41, 5.74) is 2.24. The molecule has 1 atom stereocenters. The molecule has 1 aromatic heterocycles. The summed E-state index contributed by atoms with van der Waals surface area (Å²) in [6.45, 7) is 3.05. The molecule has 6 heteroatoms. The van der Waals surface area contributed by atoms with Crippen LogP contribution in [0.3, 0.4) is 0 Å². The lowest BCUT2D eigenvalue weighted by Gasteiger charge is -2.17. The van der Waals surface area contributed by atoms with Crippen LogP contribution in [-0.4, -0.2) is 25.0 Å². The highest BCUT2D eigenvalue weighted by atomic mass is 16.3. The summed E-state index contributed by atoms with van der Waals surface area (Å²) < 4.78 is 5.25. The molecule has 2 heterocycles. The van der Waals surface area contributed by atoms with Crippen molar-refractivity contribution in [3.8, 4) is 0 Å². The van der Waals surface area contributed by atoms with Gasteiger partial charge in [-0.1, -0.05) is 18.2 Å². The largest absolute Gasteiger partial charge is 0.467 e. The predicted octanol–water partition coefficient (Wildman–Crippen LogP) is 3.01. The topological polar surface area (TPSA) is 74.6 Å². The molecule has 6 nitrogen and oxygen atoms in total. The van der Waals surface area contributed by atoms with E-state index >= 15 is 0 Å². The third-order valence-electron chi connectivity index (χ3n) is 4.36. The van der Waals surface area contributed by atoms with Gasteiger partial charge in [0.1, 0.15) is 5.76 Å². The first-order chi connectivity index (χ1) is 12.1. The maximum Gasteiger partial charge on any atom is 0.315 e. The van der Waals surface area contributed by atoms with Crippen LogP contribution in [0, 0.1) is 0 Å². The number of nitrogens with one attached hydrogen (secondary N) is 2. The molecule has 2 N–H and O–H groups in total. The second kappa shape index (κ2) is 7.88. The highest BCUT2D eigenvalue weighted by Crippen LogP contribution is 2.27. The SMILES string of the molecule is CC(NC(=O)NCCCC(=O)N1CCc2ccccc21)c1ccco1. The Morgan fingerprint density at radius 1 is 1.24 bits per heavy atom. The Labute approximate surface area is 147 Å². The molecular weight excluding hydrogens is 318 g/mol. The molecule has 1 unspecified atom stereocenters. The van der Waals surface area contributed by atoms with E-state index in [2.05, 4.69) is 16.7 Å². The van der Waals surface area contributed by atoms with E-state index in [4.69, 9.17) is 4.42 Å². The van der Waals surface area contributed by atoms with Crippen LogP contribution in [0.15, 0.2) is 47.1 Å². The number of carbonyl (C=O) groups is 2. The summed E-state index contributed by atoms with van der Waals surface area (Å²) in [4.78, 5) is 26.1. The van der Waals surface area contributed by atoms with Gasteiger partial charge in [0.15, 0.2) is 0 Å². The molecule has 0 saturated carbocycles. The van der Waals surface area contributed by atoms with Crippen LogP contribution in [0.4, 0.5) is 10.5 Å². The molecule has 0 aliphatic carbocycles. The number of carbonyl (C=O) groups excluding carboxylic acids is 2. The minimum Gasteiger partial charge on any atom is -0.467 e. The lowest BCUT2D eigenvalue weighted by atomic mass is 10.2. The number of amides is 3. The molecule has 0 radical (unpaired) electrons. The monoisotopic (exact) mass is 341 g/mol. The van der Waals surface area contributed by atoms with Gasteiger partial charge in [-0.3, -0.25) is 4.79 Å². The zero-order chi connectivity index (χ0) is 17.6. The first-order valence-electron chi connectivity index (χ1n) is 8.61. The van der Waals surface area contributed by atoms with Crippen molar-refractivity contribution in [1.82, 2.24) is 10.6 Å². The van der Waals surface area contributed by atoms with Crippen molar-refractivity contribution in [3.63, 3.8) is 0 Å². The Morgan fingerprint density at radius 2 is 2.08 bits per heavy atom. The summed E-state index contributed by atoms with van der Waals surface area (Å²) in [7, 11) is 0. The number of urea groups is 1. The number of nitrogens with zero attached hydrogens (tertiary/aromatic N) is 1. The summed E-state index contributed by atoms with van der Waals surface area (Å²) in [6, 6.07) is 11.2. The number of hydrogen-bond acceptors (Lipinski definition) is 3. The maximum atomic E-state index is 12.4. The van der Waals surface area contributed by atoms with E-state index in [0.29, 0.717) is 25.1 Å². The van der Waals surface area contributed by atoms with E-state index in [1.54, 1.807) is 12.3 Å². The Morgan fingerprint density at radius 3 is 2.88 bits per heavy atom. The maximum absolute atomic E-state index is 12.4. The first-order valence-corrected chi connectivity index (χ1v) is 8.61. The molecule has 0 fully saturated rings. The molecule has 1 aromatic carbocycles. The summed E-state index contributed by atoms with van der Waals surface area (Å²) in [5.74, 6) is 0.814.